The third-order valence-corrected chi connectivity index (χ3v) is 4.09. The van der Waals surface area contributed by atoms with Crippen LogP contribution in [0.3, 0.4) is 0 Å². The van der Waals surface area contributed by atoms with Crippen LogP contribution in [-0.4, -0.2) is 49.2 Å². The average molecular weight is 506 g/mol. The summed E-state index contributed by atoms with van der Waals surface area (Å²) in [5, 5.41) is 13.6. The lowest BCUT2D eigenvalue weighted by Crippen LogP contribution is -2.36. The summed E-state index contributed by atoms with van der Waals surface area (Å²) in [6, 6.07) is 9.57. The van der Waals surface area contributed by atoms with Crippen LogP contribution in [0.4, 0.5) is 26.3 Å². The van der Waals surface area contributed by atoms with Crippen LogP contribution in [0.5, 0.6) is 11.5 Å². The van der Waals surface area contributed by atoms with Gasteiger partial charge in [0.25, 0.3) is 11.8 Å². The van der Waals surface area contributed by atoms with Gasteiger partial charge in [0.2, 0.25) is 0 Å². The predicted molar refractivity (Wildman–Crippen MR) is 111 cm³/mol. The van der Waals surface area contributed by atoms with Gasteiger partial charge >= 0.3 is 12.5 Å². The first-order chi connectivity index (χ1) is 16.4. The van der Waals surface area contributed by atoms with Crippen molar-refractivity contribution >= 4 is 17.9 Å². The summed E-state index contributed by atoms with van der Waals surface area (Å²) < 4.78 is 82.3. The van der Waals surface area contributed by atoms with Crippen molar-refractivity contribution in [2.45, 2.75) is 19.0 Å². The smallest absolute Gasteiger partial charge is 0.493 e. The second kappa shape index (κ2) is 12.1. The van der Waals surface area contributed by atoms with Crippen molar-refractivity contribution in [2.24, 2.45) is 0 Å². The molecule has 0 atom stereocenters. The molecule has 0 aliphatic carbocycles. The van der Waals surface area contributed by atoms with Gasteiger partial charge in [-0.3, -0.25) is 9.59 Å². The first-order valence-corrected chi connectivity index (χ1v) is 9.94. The monoisotopic (exact) mass is 506 g/mol. The topological polar surface area (TPSA) is 96.9 Å². The number of hydrogen-bond acceptors (Lipinski definition) is 5. The van der Waals surface area contributed by atoms with Crippen molar-refractivity contribution in [3.05, 3.63) is 65.4 Å². The quantitative estimate of drug-likeness (QED) is 0.337. The zero-order valence-corrected chi connectivity index (χ0v) is 17.9. The fourth-order valence-electron chi connectivity index (χ4n) is 2.54. The fourth-order valence-corrected chi connectivity index (χ4v) is 2.54. The molecule has 35 heavy (non-hydrogen) atoms. The van der Waals surface area contributed by atoms with Crippen LogP contribution in [0.15, 0.2) is 54.2 Å². The summed E-state index contributed by atoms with van der Waals surface area (Å²) in [5.41, 5.74) is 0.0174. The van der Waals surface area contributed by atoms with Crippen molar-refractivity contribution in [1.82, 2.24) is 10.6 Å². The molecule has 3 N–H and O–H groups in total. The standard InChI is InChI=1S/C22H20F6N2O5/c23-21(24,25)9-12-34-16-7-3-15(4-8-16)19(32)30-18(20(33)29-10-11-31)13-14-1-5-17(6-2-14)35-22(26,27)28/h1-8,13,31H,9-12H2,(H,29,33)(H,30,32). The van der Waals surface area contributed by atoms with Gasteiger partial charge in [-0.2, -0.15) is 13.2 Å². The van der Waals surface area contributed by atoms with E-state index in [1.54, 1.807) is 0 Å². The number of rotatable bonds is 10. The first-order valence-electron chi connectivity index (χ1n) is 9.94. The van der Waals surface area contributed by atoms with E-state index in [2.05, 4.69) is 15.4 Å². The Morgan fingerprint density at radius 2 is 1.51 bits per heavy atom. The third kappa shape index (κ3) is 10.4. The minimum Gasteiger partial charge on any atom is -0.493 e. The molecule has 0 saturated heterocycles. The average Bonchev–Trinajstić information content (AvgIpc) is 2.76. The van der Waals surface area contributed by atoms with Crippen molar-refractivity contribution in [1.29, 1.82) is 0 Å². The highest BCUT2D eigenvalue weighted by Gasteiger charge is 2.31. The zero-order chi connectivity index (χ0) is 26.1. The minimum absolute atomic E-state index is 0.0444. The van der Waals surface area contributed by atoms with E-state index in [0.29, 0.717) is 0 Å². The molecule has 0 spiro atoms. The Hall–Kier alpha value is -3.74. The molecule has 2 aromatic carbocycles. The molecule has 0 fully saturated rings. The lowest BCUT2D eigenvalue weighted by Gasteiger charge is -2.12. The van der Waals surface area contributed by atoms with Crippen molar-refractivity contribution < 1.29 is 50.5 Å². The summed E-state index contributed by atoms with van der Waals surface area (Å²) >= 11 is 0. The number of carbonyl (C=O) groups is 2. The first kappa shape index (κ1) is 27.5. The molecular weight excluding hydrogens is 486 g/mol. The highest BCUT2D eigenvalue weighted by atomic mass is 19.4. The van der Waals surface area contributed by atoms with E-state index >= 15 is 0 Å². The van der Waals surface area contributed by atoms with E-state index in [1.807, 2.05) is 0 Å². The molecule has 0 bridgehead atoms. The Morgan fingerprint density at radius 3 is 2.06 bits per heavy atom. The number of aliphatic hydroxyl groups excluding tert-OH is 1. The minimum atomic E-state index is -4.88. The Morgan fingerprint density at radius 1 is 0.914 bits per heavy atom. The van der Waals surface area contributed by atoms with Gasteiger partial charge < -0.3 is 25.2 Å². The Bertz CT molecular complexity index is 1020. The number of aliphatic hydroxyl groups is 1. The maximum atomic E-state index is 12.6. The summed E-state index contributed by atoms with van der Waals surface area (Å²) in [5.74, 6) is -1.92. The second-order valence-corrected chi connectivity index (χ2v) is 6.85. The molecule has 0 aromatic heterocycles. The summed E-state index contributed by atoms with van der Waals surface area (Å²) in [4.78, 5) is 25.0. The highest BCUT2D eigenvalue weighted by molar-refractivity contribution is 6.05. The highest BCUT2D eigenvalue weighted by Crippen LogP contribution is 2.23. The number of ether oxygens (including phenoxy) is 2. The van der Waals surface area contributed by atoms with Crippen molar-refractivity contribution in [3.8, 4) is 11.5 Å². The lowest BCUT2D eigenvalue weighted by atomic mass is 10.1. The normalized spacial score (nSPS) is 12.1. The van der Waals surface area contributed by atoms with Crippen LogP contribution in [-0.2, 0) is 4.79 Å². The van der Waals surface area contributed by atoms with E-state index < -0.39 is 43.1 Å². The summed E-state index contributed by atoms with van der Waals surface area (Å²) in [6.07, 6.45) is -9.20. The summed E-state index contributed by atoms with van der Waals surface area (Å²) in [6.45, 7) is -1.11. The van der Waals surface area contributed by atoms with Gasteiger partial charge in [-0.15, -0.1) is 13.2 Å². The molecule has 0 aliphatic rings. The largest absolute Gasteiger partial charge is 0.573 e. The molecular formula is C22H20F6N2O5. The molecule has 2 rings (SSSR count). The zero-order valence-electron chi connectivity index (χ0n) is 17.9. The molecule has 2 amide bonds. The van der Waals surface area contributed by atoms with E-state index in [0.717, 1.165) is 12.1 Å². The maximum Gasteiger partial charge on any atom is 0.573 e. The van der Waals surface area contributed by atoms with Crippen LogP contribution >= 0.6 is 0 Å². The molecule has 190 valence electrons. The van der Waals surface area contributed by atoms with E-state index in [-0.39, 0.29) is 35.7 Å². The molecule has 13 heteroatoms. The second-order valence-electron chi connectivity index (χ2n) is 6.85. The van der Waals surface area contributed by atoms with E-state index in [1.165, 1.54) is 42.5 Å². The Labute approximate surface area is 195 Å². The number of amides is 2. The number of carbonyl (C=O) groups excluding carboxylic acids is 2. The third-order valence-electron chi connectivity index (χ3n) is 4.09. The number of nitrogens with one attached hydrogen (secondary N) is 2. The molecule has 7 nitrogen and oxygen atoms in total. The number of benzene rings is 2. The Balaban J connectivity index is 2.13. The number of alkyl halides is 6. The van der Waals surface area contributed by atoms with Gasteiger partial charge in [0.1, 0.15) is 17.2 Å². The van der Waals surface area contributed by atoms with Gasteiger partial charge in [-0.25, -0.2) is 0 Å². The van der Waals surface area contributed by atoms with Gasteiger partial charge in [0, 0.05) is 12.1 Å². The van der Waals surface area contributed by atoms with E-state index in [9.17, 15) is 35.9 Å². The van der Waals surface area contributed by atoms with Crippen LogP contribution < -0.4 is 20.1 Å². The number of halogens is 6. The van der Waals surface area contributed by atoms with Crippen LogP contribution in [0.1, 0.15) is 22.3 Å². The Kier molecular flexibility index (Phi) is 9.51. The SMILES string of the molecule is O=C(NCCO)C(=Cc1ccc(OC(F)(F)F)cc1)NC(=O)c1ccc(OCCC(F)(F)F)cc1. The molecule has 0 aliphatic heterocycles. The molecule has 2 aromatic rings. The molecule has 0 heterocycles. The number of hydrogen-bond donors (Lipinski definition) is 3. The fraction of sp³-hybridized carbons (Fsp3) is 0.273. The maximum absolute atomic E-state index is 12.6. The van der Waals surface area contributed by atoms with Crippen molar-refractivity contribution in [3.63, 3.8) is 0 Å². The molecule has 0 unspecified atom stereocenters. The van der Waals surface area contributed by atoms with Gasteiger partial charge in [-0.05, 0) is 48.0 Å². The van der Waals surface area contributed by atoms with Gasteiger partial charge in [0.05, 0.1) is 19.6 Å². The van der Waals surface area contributed by atoms with Crippen LogP contribution in [0.2, 0.25) is 0 Å². The molecule has 0 radical (unpaired) electrons. The van der Waals surface area contributed by atoms with Gasteiger partial charge in [-0.1, -0.05) is 12.1 Å². The molecule has 0 saturated carbocycles. The van der Waals surface area contributed by atoms with Crippen molar-refractivity contribution in [2.75, 3.05) is 19.8 Å². The van der Waals surface area contributed by atoms with E-state index in [4.69, 9.17) is 9.84 Å². The lowest BCUT2D eigenvalue weighted by molar-refractivity contribution is -0.274. The van der Waals surface area contributed by atoms with Crippen LogP contribution in [0.25, 0.3) is 6.08 Å². The van der Waals surface area contributed by atoms with Crippen LogP contribution in [0, 0.1) is 0 Å². The summed E-state index contributed by atoms with van der Waals surface area (Å²) in [7, 11) is 0. The van der Waals surface area contributed by atoms with Gasteiger partial charge in [0.15, 0.2) is 0 Å². The predicted octanol–water partition coefficient (Wildman–Crippen LogP) is 3.80.